The first kappa shape index (κ1) is 10.7. The summed E-state index contributed by atoms with van der Waals surface area (Å²) in [5.41, 5.74) is 6.14. The topological polar surface area (TPSA) is 43.1 Å². The zero-order chi connectivity index (χ0) is 10.1. The Labute approximate surface area is 80.9 Å². The minimum Gasteiger partial charge on any atom is -0.327 e. The van der Waals surface area contributed by atoms with Crippen LogP contribution >= 0.6 is 0 Å². The Balaban J connectivity index is 2.23. The molecule has 0 radical (unpaired) electrons. The molecule has 2 N–H and O–H groups in total. The first-order valence-corrected chi connectivity index (χ1v) is 5.17. The fraction of sp³-hybridized carbons (Fsp3) is 0.909. The summed E-state index contributed by atoms with van der Waals surface area (Å²) in [6, 6.07) is 0.0631. The molecule has 0 aliphatic heterocycles. The van der Waals surface area contributed by atoms with Gasteiger partial charge in [0.25, 0.3) is 0 Å². The van der Waals surface area contributed by atoms with Crippen LogP contribution < -0.4 is 5.73 Å². The van der Waals surface area contributed by atoms with Gasteiger partial charge in [0, 0.05) is 18.4 Å². The van der Waals surface area contributed by atoms with E-state index in [1.807, 2.05) is 0 Å². The van der Waals surface area contributed by atoms with E-state index in [-0.39, 0.29) is 11.5 Å². The van der Waals surface area contributed by atoms with Crippen molar-refractivity contribution in [3.8, 4) is 0 Å². The number of Topliss-reactive ketones (excluding diaryl/α,β-unsaturated/α-hetero) is 1. The van der Waals surface area contributed by atoms with Gasteiger partial charge in [-0.15, -0.1) is 0 Å². The van der Waals surface area contributed by atoms with Crippen molar-refractivity contribution in [3.05, 3.63) is 0 Å². The van der Waals surface area contributed by atoms with Gasteiger partial charge in [0.15, 0.2) is 0 Å². The minimum atomic E-state index is 0.0631. The van der Waals surface area contributed by atoms with E-state index in [1.165, 1.54) is 0 Å². The highest BCUT2D eigenvalue weighted by Crippen LogP contribution is 2.32. The Morgan fingerprint density at radius 3 is 2.38 bits per heavy atom. The van der Waals surface area contributed by atoms with Gasteiger partial charge >= 0.3 is 0 Å². The maximum Gasteiger partial charge on any atom is 0.137 e. The van der Waals surface area contributed by atoms with E-state index in [0.717, 1.165) is 19.3 Å². The first-order valence-electron chi connectivity index (χ1n) is 5.17. The Morgan fingerprint density at radius 1 is 1.46 bits per heavy atom. The van der Waals surface area contributed by atoms with Crippen LogP contribution in [0.15, 0.2) is 0 Å². The van der Waals surface area contributed by atoms with Crippen LogP contribution in [-0.4, -0.2) is 11.8 Å². The predicted molar refractivity (Wildman–Crippen MR) is 54.4 cm³/mol. The molecule has 1 unspecified atom stereocenters. The second-order valence-corrected chi connectivity index (χ2v) is 5.47. The molecule has 1 rings (SSSR count). The zero-order valence-electron chi connectivity index (χ0n) is 8.97. The van der Waals surface area contributed by atoms with E-state index in [2.05, 4.69) is 20.8 Å². The highest BCUT2D eigenvalue weighted by Gasteiger charge is 2.30. The average molecular weight is 183 g/mol. The van der Waals surface area contributed by atoms with Crippen molar-refractivity contribution < 1.29 is 4.79 Å². The van der Waals surface area contributed by atoms with Gasteiger partial charge in [-0.2, -0.15) is 0 Å². The van der Waals surface area contributed by atoms with Gasteiger partial charge in [-0.05, 0) is 24.7 Å². The Hall–Kier alpha value is -0.370. The number of hydrogen-bond donors (Lipinski definition) is 1. The van der Waals surface area contributed by atoms with E-state index in [4.69, 9.17) is 5.73 Å². The Bertz CT molecular complexity index is 189. The molecular weight excluding hydrogens is 162 g/mol. The molecule has 0 aromatic heterocycles. The molecule has 0 heterocycles. The van der Waals surface area contributed by atoms with Crippen molar-refractivity contribution in [2.24, 2.45) is 17.1 Å². The van der Waals surface area contributed by atoms with Crippen LogP contribution in [0.1, 0.15) is 46.5 Å². The summed E-state index contributed by atoms with van der Waals surface area (Å²) in [5.74, 6) is 0.753. The molecule has 1 aliphatic rings. The van der Waals surface area contributed by atoms with Crippen LogP contribution in [0.25, 0.3) is 0 Å². The van der Waals surface area contributed by atoms with Crippen LogP contribution in [0, 0.1) is 11.3 Å². The summed E-state index contributed by atoms with van der Waals surface area (Å²) in [6.07, 6.45) is 3.72. The molecule has 1 atom stereocenters. The lowest BCUT2D eigenvalue weighted by Crippen LogP contribution is -2.29. The van der Waals surface area contributed by atoms with Crippen LogP contribution in [-0.2, 0) is 4.79 Å². The molecule has 0 amide bonds. The monoisotopic (exact) mass is 183 g/mol. The lowest BCUT2D eigenvalue weighted by atomic mass is 9.86. The normalized spacial score (nSPS) is 20.0. The summed E-state index contributed by atoms with van der Waals surface area (Å²) in [5, 5.41) is 0. The van der Waals surface area contributed by atoms with Gasteiger partial charge in [-0.1, -0.05) is 20.8 Å². The Kier molecular flexibility index (Phi) is 3.12. The molecule has 1 saturated carbocycles. The third kappa shape index (κ3) is 4.41. The van der Waals surface area contributed by atoms with E-state index in [0.29, 0.717) is 18.1 Å². The van der Waals surface area contributed by atoms with Gasteiger partial charge in [-0.3, -0.25) is 4.79 Å². The van der Waals surface area contributed by atoms with Crippen LogP contribution in [0.5, 0.6) is 0 Å². The lowest BCUT2D eigenvalue weighted by Gasteiger charge is -2.22. The zero-order valence-corrected chi connectivity index (χ0v) is 8.97. The van der Waals surface area contributed by atoms with E-state index in [1.54, 1.807) is 0 Å². The fourth-order valence-electron chi connectivity index (χ4n) is 1.69. The maximum atomic E-state index is 11.4. The Morgan fingerprint density at radius 2 is 2.00 bits per heavy atom. The molecule has 1 fully saturated rings. The molecule has 0 aromatic carbocycles. The summed E-state index contributed by atoms with van der Waals surface area (Å²) in [7, 11) is 0. The third-order valence-corrected chi connectivity index (χ3v) is 2.37. The van der Waals surface area contributed by atoms with Crippen molar-refractivity contribution >= 4 is 5.78 Å². The number of hydrogen-bond acceptors (Lipinski definition) is 2. The van der Waals surface area contributed by atoms with E-state index < -0.39 is 0 Å². The van der Waals surface area contributed by atoms with Gasteiger partial charge < -0.3 is 5.73 Å². The van der Waals surface area contributed by atoms with Gasteiger partial charge in [-0.25, -0.2) is 0 Å². The lowest BCUT2D eigenvalue weighted by molar-refractivity contribution is -0.120. The number of carbonyl (C=O) groups is 1. The second kappa shape index (κ2) is 3.79. The van der Waals surface area contributed by atoms with Gasteiger partial charge in [0.1, 0.15) is 5.78 Å². The average Bonchev–Trinajstić information content (AvgIpc) is 2.60. The van der Waals surface area contributed by atoms with Crippen molar-refractivity contribution in [1.29, 1.82) is 0 Å². The van der Waals surface area contributed by atoms with Crippen molar-refractivity contribution in [2.75, 3.05) is 0 Å². The van der Waals surface area contributed by atoms with Crippen LogP contribution in [0.3, 0.4) is 0 Å². The highest BCUT2D eigenvalue weighted by atomic mass is 16.1. The molecular formula is C11H21NO. The number of nitrogens with two attached hydrogens (primary N) is 1. The van der Waals surface area contributed by atoms with Gasteiger partial charge in [0.2, 0.25) is 0 Å². The van der Waals surface area contributed by atoms with Crippen LogP contribution in [0.2, 0.25) is 0 Å². The fourth-order valence-corrected chi connectivity index (χ4v) is 1.69. The molecule has 2 heteroatoms. The molecule has 0 aromatic rings. The summed E-state index contributed by atoms with van der Waals surface area (Å²) in [4.78, 5) is 11.4. The third-order valence-electron chi connectivity index (χ3n) is 2.37. The second-order valence-electron chi connectivity index (χ2n) is 5.47. The first-order chi connectivity index (χ1) is 5.88. The summed E-state index contributed by atoms with van der Waals surface area (Å²) in [6.45, 7) is 6.48. The van der Waals surface area contributed by atoms with Crippen LogP contribution in [0.4, 0.5) is 0 Å². The van der Waals surface area contributed by atoms with Crippen molar-refractivity contribution in [3.63, 3.8) is 0 Å². The predicted octanol–water partition coefficient (Wildman–Crippen LogP) is 2.12. The van der Waals surface area contributed by atoms with Crippen molar-refractivity contribution in [2.45, 2.75) is 52.5 Å². The number of rotatable bonds is 4. The van der Waals surface area contributed by atoms with E-state index in [9.17, 15) is 4.79 Å². The van der Waals surface area contributed by atoms with Gasteiger partial charge in [0.05, 0.1) is 0 Å². The largest absolute Gasteiger partial charge is 0.327 e. The SMILES string of the molecule is CC(C)(C)CC(N)CC(=O)C1CC1. The molecule has 0 spiro atoms. The summed E-state index contributed by atoms with van der Waals surface area (Å²) < 4.78 is 0. The smallest absolute Gasteiger partial charge is 0.137 e. The standard InChI is InChI=1S/C11H21NO/c1-11(2,3)7-9(12)6-10(13)8-4-5-8/h8-9H,4-7,12H2,1-3H3. The molecule has 2 nitrogen and oxygen atoms in total. The maximum absolute atomic E-state index is 11.4. The number of ketones is 1. The number of carbonyl (C=O) groups excluding carboxylic acids is 1. The summed E-state index contributed by atoms with van der Waals surface area (Å²) >= 11 is 0. The molecule has 0 saturated heterocycles. The van der Waals surface area contributed by atoms with E-state index >= 15 is 0 Å². The molecule has 0 bridgehead atoms. The van der Waals surface area contributed by atoms with Crippen molar-refractivity contribution in [1.82, 2.24) is 0 Å². The molecule has 13 heavy (non-hydrogen) atoms. The quantitative estimate of drug-likeness (QED) is 0.725. The minimum absolute atomic E-state index is 0.0631. The molecule has 1 aliphatic carbocycles. The highest BCUT2D eigenvalue weighted by molar-refractivity contribution is 5.83. The molecule has 76 valence electrons.